The molecule has 1 saturated carbocycles. The zero-order chi connectivity index (χ0) is 13.8. The van der Waals surface area contributed by atoms with E-state index in [1.54, 1.807) is 0 Å². The van der Waals surface area contributed by atoms with E-state index >= 15 is 0 Å². The third-order valence-electron chi connectivity index (χ3n) is 3.61. The maximum atomic E-state index is 11.9. The van der Waals surface area contributed by atoms with Crippen LogP contribution in [0.4, 0.5) is 0 Å². The first-order chi connectivity index (χ1) is 8.29. The molecule has 0 amide bonds. The molecule has 0 saturated heterocycles. The van der Waals surface area contributed by atoms with Crippen molar-refractivity contribution >= 4 is 5.97 Å². The van der Waals surface area contributed by atoms with E-state index in [0.717, 1.165) is 12.5 Å². The third kappa shape index (κ3) is 5.38. The van der Waals surface area contributed by atoms with E-state index in [1.807, 2.05) is 27.7 Å². The molecule has 0 unspecified atom stereocenters. The molecule has 0 radical (unpaired) electrons. The van der Waals surface area contributed by atoms with Gasteiger partial charge in [-0.05, 0) is 39.5 Å². The second-order valence-corrected chi connectivity index (χ2v) is 6.71. The molecule has 3 heteroatoms. The quantitative estimate of drug-likeness (QED) is 0.784. The maximum Gasteiger partial charge on any atom is 0.310 e. The van der Waals surface area contributed by atoms with Crippen molar-refractivity contribution in [3.05, 3.63) is 0 Å². The first kappa shape index (κ1) is 15.5. The Kier molecular flexibility index (Phi) is 5.64. The van der Waals surface area contributed by atoms with Gasteiger partial charge in [0.25, 0.3) is 0 Å². The van der Waals surface area contributed by atoms with Crippen LogP contribution in [0.1, 0.15) is 60.3 Å². The molecule has 0 aliphatic heterocycles. The highest BCUT2D eigenvalue weighted by Gasteiger charge is 2.25. The van der Waals surface area contributed by atoms with Gasteiger partial charge in [0.05, 0.1) is 5.92 Å². The molecule has 106 valence electrons. The Hall–Kier alpha value is -0.570. The topological polar surface area (TPSA) is 38.3 Å². The minimum absolute atomic E-state index is 0.0710. The van der Waals surface area contributed by atoms with Crippen molar-refractivity contribution in [2.75, 3.05) is 6.54 Å². The van der Waals surface area contributed by atoms with Gasteiger partial charge in [-0.25, -0.2) is 0 Å². The summed E-state index contributed by atoms with van der Waals surface area (Å²) in [6.45, 7) is 10.7. The van der Waals surface area contributed by atoms with Crippen molar-refractivity contribution in [3.8, 4) is 0 Å². The van der Waals surface area contributed by atoms with Gasteiger partial charge in [0.2, 0.25) is 0 Å². The first-order valence-corrected chi connectivity index (χ1v) is 7.26. The molecule has 3 atom stereocenters. The highest BCUT2D eigenvalue weighted by atomic mass is 16.6. The van der Waals surface area contributed by atoms with Gasteiger partial charge < -0.3 is 10.1 Å². The second-order valence-electron chi connectivity index (χ2n) is 6.71. The maximum absolute atomic E-state index is 11.9. The fourth-order valence-corrected chi connectivity index (χ4v) is 2.43. The van der Waals surface area contributed by atoms with Crippen molar-refractivity contribution in [3.63, 3.8) is 0 Å². The van der Waals surface area contributed by atoms with Gasteiger partial charge in [0, 0.05) is 12.6 Å². The average Bonchev–Trinajstić information content (AvgIpc) is 2.25. The van der Waals surface area contributed by atoms with E-state index in [4.69, 9.17) is 4.74 Å². The Labute approximate surface area is 112 Å². The monoisotopic (exact) mass is 255 g/mol. The van der Waals surface area contributed by atoms with Gasteiger partial charge in [-0.3, -0.25) is 4.79 Å². The summed E-state index contributed by atoms with van der Waals surface area (Å²) in [5, 5.41) is 3.54. The van der Waals surface area contributed by atoms with Crippen LogP contribution in [0.3, 0.4) is 0 Å². The minimum Gasteiger partial charge on any atom is -0.460 e. The van der Waals surface area contributed by atoms with E-state index < -0.39 is 0 Å². The summed E-state index contributed by atoms with van der Waals surface area (Å²) in [6.07, 6.45) is 5.20. The second kappa shape index (κ2) is 6.55. The van der Waals surface area contributed by atoms with Crippen LogP contribution in [0.25, 0.3) is 0 Å². The van der Waals surface area contributed by atoms with E-state index in [0.29, 0.717) is 6.04 Å². The van der Waals surface area contributed by atoms with Gasteiger partial charge in [-0.1, -0.05) is 26.7 Å². The normalized spacial score (nSPS) is 26.7. The fourth-order valence-electron chi connectivity index (χ4n) is 2.43. The number of carbonyl (C=O) groups is 1. The smallest absolute Gasteiger partial charge is 0.310 e. The standard InChI is InChI=1S/C15H29NO2/c1-11-8-6-7-9-13(11)16-10-12(2)14(17)18-15(3,4)5/h11-13,16H,6-10H2,1-5H3/t11-,12-,13+/m0/s1. The molecular weight excluding hydrogens is 226 g/mol. The van der Waals surface area contributed by atoms with Gasteiger partial charge >= 0.3 is 5.97 Å². The number of hydrogen-bond acceptors (Lipinski definition) is 3. The fraction of sp³-hybridized carbons (Fsp3) is 0.933. The lowest BCUT2D eigenvalue weighted by molar-refractivity contribution is -0.159. The SMILES string of the molecule is C[C@@H](CN[C@@H]1CCCC[C@@H]1C)C(=O)OC(C)(C)C. The Bertz CT molecular complexity index is 270. The van der Waals surface area contributed by atoms with Crippen LogP contribution in [-0.2, 0) is 9.53 Å². The van der Waals surface area contributed by atoms with E-state index in [-0.39, 0.29) is 17.5 Å². The summed E-state index contributed by atoms with van der Waals surface area (Å²) in [6, 6.07) is 0.573. The number of nitrogens with one attached hydrogen (secondary N) is 1. The molecular formula is C15H29NO2. The van der Waals surface area contributed by atoms with Crippen LogP contribution in [-0.4, -0.2) is 24.2 Å². The first-order valence-electron chi connectivity index (χ1n) is 7.26. The Morgan fingerprint density at radius 3 is 2.50 bits per heavy atom. The summed E-state index contributed by atoms with van der Waals surface area (Å²) in [7, 11) is 0. The molecule has 1 N–H and O–H groups in total. The predicted octanol–water partition coefficient (Wildman–Crippen LogP) is 3.13. The summed E-state index contributed by atoms with van der Waals surface area (Å²) in [5.41, 5.74) is -0.385. The largest absolute Gasteiger partial charge is 0.460 e. The molecule has 3 nitrogen and oxygen atoms in total. The lowest BCUT2D eigenvalue weighted by Crippen LogP contribution is -2.41. The molecule has 0 aromatic heterocycles. The Balaban J connectivity index is 2.31. The molecule has 0 spiro atoms. The summed E-state index contributed by atoms with van der Waals surface area (Å²) in [5.74, 6) is 0.557. The lowest BCUT2D eigenvalue weighted by Gasteiger charge is -2.31. The summed E-state index contributed by atoms with van der Waals surface area (Å²) >= 11 is 0. The van der Waals surface area contributed by atoms with Gasteiger partial charge in [0.1, 0.15) is 5.60 Å². The lowest BCUT2D eigenvalue weighted by atomic mass is 9.86. The zero-order valence-corrected chi connectivity index (χ0v) is 12.6. The predicted molar refractivity (Wildman–Crippen MR) is 74.4 cm³/mol. The van der Waals surface area contributed by atoms with Gasteiger partial charge in [-0.15, -0.1) is 0 Å². The average molecular weight is 255 g/mol. The number of hydrogen-bond donors (Lipinski definition) is 1. The molecule has 0 bridgehead atoms. The van der Waals surface area contributed by atoms with Crippen LogP contribution >= 0.6 is 0 Å². The molecule has 1 aliphatic carbocycles. The van der Waals surface area contributed by atoms with Crippen LogP contribution in [0.15, 0.2) is 0 Å². The molecule has 18 heavy (non-hydrogen) atoms. The molecule has 0 heterocycles. The highest BCUT2D eigenvalue weighted by molar-refractivity contribution is 5.72. The molecule has 1 rings (SSSR count). The van der Waals surface area contributed by atoms with Crippen LogP contribution < -0.4 is 5.32 Å². The van der Waals surface area contributed by atoms with Gasteiger partial charge in [0.15, 0.2) is 0 Å². The van der Waals surface area contributed by atoms with Crippen molar-refractivity contribution < 1.29 is 9.53 Å². The number of esters is 1. The van der Waals surface area contributed by atoms with E-state index in [2.05, 4.69) is 12.2 Å². The number of rotatable bonds is 4. The van der Waals surface area contributed by atoms with Crippen molar-refractivity contribution in [2.24, 2.45) is 11.8 Å². The van der Waals surface area contributed by atoms with Crippen LogP contribution in [0.5, 0.6) is 0 Å². The molecule has 0 aromatic rings. The Morgan fingerprint density at radius 2 is 1.94 bits per heavy atom. The molecule has 0 aromatic carbocycles. The zero-order valence-electron chi connectivity index (χ0n) is 12.6. The number of carbonyl (C=O) groups excluding carboxylic acids is 1. The van der Waals surface area contributed by atoms with Crippen molar-refractivity contribution in [1.29, 1.82) is 0 Å². The van der Waals surface area contributed by atoms with Crippen molar-refractivity contribution in [2.45, 2.75) is 71.9 Å². The van der Waals surface area contributed by atoms with Crippen molar-refractivity contribution in [1.82, 2.24) is 5.32 Å². The summed E-state index contributed by atoms with van der Waals surface area (Å²) < 4.78 is 5.39. The van der Waals surface area contributed by atoms with Gasteiger partial charge in [-0.2, -0.15) is 0 Å². The molecule has 1 aliphatic rings. The molecule has 1 fully saturated rings. The van der Waals surface area contributed by atoms with E-state index in [1.165, 1.54) is 25.7 Å². The third-order valence-corrected chi connectivity index (χ3v) is 3.61. The van der Waals surface area contributed by atoms with Crippen LogP contribution in [0, 0.1) is 11.8 Å². The highest BCUT2D eigenvalue weighted by Crippen LogP contribution is 2.23. The van der Waals surface area contributed by atoms with Crippen LogP contribution in [0.2, 0.25) is 0 Å². The number of ether oxygens (including phenoxy) is 1. The summed E-state index contributed by atoms with van der Waals surface area (Å²) in [4.78, 5) is 11.9. The van der Waals surface area contributed by atoms with E-state index in [9.17, 15) is 4.79 Å². The Morgan fingerprint density at radius 1 is 1.33 bits per heavy atom. The minimum atomic E-state index is -0.385.